The van der Waals surface area contributed by atoms with Gasteiger partial charge in [0.25, 0.3) is 0 Å². The highest BCUT2D eigenvalue weighted by Crippen LogP contribution is 2.67. The van der Waals surface area contributed by atoms with E-state index in [1.54, 1.807) is 12.5 Å². The summed E-state index contributed by atoms with van der Waals surface area (Å²) in [6.07, 6.45) is 16.1. The molecule has 0 bridgehead atoms. The number of hydrogen-bond donors (Lipinski definition) is 1. The van der Waals surface area contributed by atoms with Crippen LogP contribution in [0.3, 0.4) is 0 Å². The molecule has 1 amide bonds. The van der Waals surface area contributed by atoms with Crippen LogP contribution >= 0.6 is 0 Å². The summed E-state index contributed by atoms with van der Waals surface area (Å²) in [6, 6.07) is 7.50. The van der Waals surface area contributed by atoms with E-state index < -0.39 is 0 Å². The topological polar surface area (TPSA) is 86.5 Å². The van der Waals surface area contributed by atoms with E-state index in [1.165, 1.54) is 51.4 Å². The molecule has 0 radical (unpaired) electrons. The van der Waals surface area contributed by atoms with Crippen molar-refractivity contribution in [2.75, 3.05) is 13.2 Å². The first-order valence-electron chi connectivity index (χ1n) is 18.2. The van der Waals surface area contributed by atoms with Gasteiger partial charge in [-0.3, -0.25) is 0 Å². The van der Waals surface area contributed by atoms with Crippen molar-refractivity contribution in [2.45, 2.75) is 118 Å². The van der Waals surface area contributed by atoms with Gasteiger partial charge in [0.05, 0.1) is 6.54 Å². The van der Waals surface area contributed by atoms with Crippen LogP contribution in [0.2, 0.25) is 0 Å². The number of hydrogen-bond acceptors (Lipinski definition) is 6. The summed E-state index contributed by atoms with van der Waals surface area (Å²) < 4.78 is 17.2. The lowest BCUT2D eigenvalue weighted by Gasteiger charge is -2.58. The van der Waals surface area contributed by atoms with Crippen LogP contribution in [-0.2, 0) is 4.74 Å². The number of aromatic nitrogens is 2. The van der Waals surface area contributed by atoms with Gasteiger partial charge in [-0.2, -0.15) is 0 Å². The number of amides is 1. The van der Waals surface area contributed by atoms with Gasteiger partial charge in [-0.15, -0.1) is 10.2 Å². The van der Waals surface area contributed by atoms with Crippen LogP contribution in [-0.4, -0.2) is 35.5 Å². The zero-order valence-corrected chi connectivity index (χ0v) is 29.1. The molecule has 1 heterocycles. The average Bonchev–Trinajstić information content (AvgIpc) is 3.62. The number of allylic oxidation sites excluding steroid dienone is 1. The van der Waals surface area contributed by atoms with Crippen molar-refractivity contribution in [1.82, 2.24) is 15.5 Å². The van der Waals surface area contributed by atoms with Gasteiger partial charge in [0.15, 0.2) is 0 Å². The standard InChI is InChI=1S/C39H57N3O4/c1-25(2)8-7-9-26(3)33-16-17-34-32-15-12-29-24-31(18-20-38(29,5)35(32)19-21-39(33,34)6)46-37(43)40-22-23-44-30-13-10-28(11-14-30)36-42-41-27(4)45-36/h10-14,25-26,31-35H,7-9,15-24H2,1-6H3,(H,40,43)/t26-,31+,32+,33-,34+,35?,38+,39-/m1/s1. The van der Waals surface area contributed by atoms with Gasteiger partial charge in [-0.05, 0) is 116 Å². The molecule has 3 saturated carbocycles. The van der Waals surface area contributed by atoms with E-state index in [-0.39, 0.29) is 17.6 Å². The molecule has 0 aliphatic heterocycles. The minimum atomic E-state index is -0.346. The maximum atomic E-state index is 12.7. The Hall–Kier alpha value is -2.83. The fourth-order valence-electron chi connectivity index (χ4n) is 10.4. The fraction of sp³-hybridized carbons (Fsp3) is 0.718. The Morgan fingerprint density at radius 3 is 2.57 bits per heavy atom. The predicted octanol–water partition coefficient (Wildman–Crippen LogP) is 9.56. The molecule has 0 saturated heterocycles. The number of rotatable bonds is 11. The molecule has 7 nitrogen and oxygen atoms in total. The number of nitrogens with zero attached hydrogens (tertiary/aromatic N) is 2. The summed E-state index contributed by atoms with van der Waals surface area (Å²) in [6.45, 7) is 15.0. The third-order valence-electron chi connectivity index (χ3n) is 12.8. The summed E-state index contributed by atoms with van der Waals surface area (Å²) >= 11 is 0. The molecule has 4 aliphatic carbocycles. The molecule has 8 atom stereocenters. The Bertz CT molecular complexity index is 1370. The quantitative estimate of drug-likeness (QED) is 0.196. The number of aryl methyl sites for hydroxylation is 1. The van der Waals surface area contributed by atoms with Crippen LogP contribution < -0.4 is 10.1 Å². The van der Waals surface area contributed by atoms with Crippen molar-refractivity contribution in [1.29, 1.82) is 0 Å². The van der Waals surface area contributed by atoms with Gasteiger partial charge in [0.1, 0.15) is 18.5 Å². The van der Waals surface area contributed by atoms with E-state index in [4.69, 9.17) is 13.9 Å². The van der Waals surface area contributed by atoms with Crippen molar-refractivity contribution in [2.24, 2.45) is 46.3 Å². The second-order valence-electron chi connectivity index (χ2n) is 16.0. The molecular formula is C39H57N3O4. The number of carbonyl (C=O) groups excluding carboxylic acids is 1. The van der Waals surface area contributed by atoms with Crippen LogP contribution in [0.1, 0.15) is 111 Å². The lowest BCUT2D eigenvalue weighted by molar-refractivity contribution is -0.0581. The second-order valence-corrected chi connectivity index (χ2v) is 16.0. The van der Waals surface area contributed by atoms with Crippen LogP contribution in [0.5, 0.6) is 5.75 Å². The molecule has 0 spiro atoms. The van der Waals surface area contributed by atoms with E-state index >= 15 is 0 Å². The summed E-state index contributed by atoms with van der Waals surface area (Å²) in [5.41, 5.74) is 3.17. The van der Waals surface area contributed by atoms with Gasteiger partial charge in [0.2, 0.25) is 11.8 Å². The summed E-state index contributed by atoms with van der Waals surface area (Å²) in [5.74, 6) is 6.76. The highest BCUT2D eigenvalue weighted by molar-refractivity contribution is 5.67. The lowest BCUT2D eigenvalue weighted by Crippen LogP contribution is -2.51. The molecule has 1 aromatic carbocycles. The van der Waals surface area contributed by atoms with Gasteiger partial charge in [0, 0.05) is 18.9 Å². The number of ether oxygens (including phenoxy) is 2. The number of fused-ring (bicyclic) bond motifs is 5. The molecule has 1 unspecified atom stereocenters. The first-order valence-corrected chi connectivity index (χ1v) is 18.2. The normalized spacial score (nSPS) is 32.6. The van der Waals surface area contributed by atoms with Crippen molar-refractivity contribution >= 4 is 6.09 Å². The minimum Gasteiger partial charge on any atom is -0.492 e. The monoisotopic (exact) mass is 631 g/mol. The van der Waals surface area contributed by atoms with E-state index in [0.29, 0.717) is 30.3 Å². The lowest BCUT2D eigenvalue weighted by atomic mass is 9.47. The smallest absolute Gasteiger partial charge is 0.407 e. The zero-order chi connectivity index (χ0) is 32.5. The molecule has 1 N–H and O–H groups in total. The fourth-order valence-corrected chi connectivity index (χ4v) is 10.4. The summed E-state index contributed by atoms with van der Waals surface area (Å²) in [7, 11) is 0. The van der Waals surface area contributed by atoms with E-state index in [9.17, 15) is 4.79 Å². The molecular weight excluding hydrogens is 574 g/mol. The SMILES string of the molecule is Cc1nnc(-c2ccc(OCCNC(=O)O[C@H]3CC[C@@]4(C)C(=CC[C@@H]5C4CC[C@]4(C)[C@@H]([C@H](C)CCCC(C)C)CC[C@@H]54)C3)cc2)o1. The van der Waals surface area contributed by atoms with Gasteiger partial charge in [-0.1, -0.05) is 65.5 Å². The predicted molar refractivity (Wildman–Crippen MR) is 181 cm³/mol. The molecule has 46 heavy (non-hydrogen) atoms. The number of nitrogens with one attached hydrogen (secondary N) is 1. The van der Waals surface area contributed by atoms with Gasteiger partial charge in [-0.25, -0.2) is 4.79 Å². The van der Waals surface area contributed by atoms with E-state index in [1.807, 2.05) is 24.3 Å². The highest BCUT2D eigenvalue weighted by Gasteiger charge is 2.59. The first kappa shape index (κ1) is 33.1. The van der Waals surface area contributed by atoms with Crippen LogP contribution in [0.4, 0.5) is 4.79 Å². The maximum Gasteiger partial charge on any atom is 0.407 e. The van der Waals surface area contributed by atoms with Crippen LogP contribution in [0.15, 0.2) is 40.3 Å². The minimum absolute atomic E-state index is 0.0471. The van der Waals surface area contributed by atoms with Crippen molar-refractivity contribution in [3.8, 4) is 17.2 Å². The van der Waals surface area contributed by atoms with Gasteiger partial charge >= 0.3 is 6.09 Å². The summed E-state index contributed by atoms with van der Waals surface area (Å²) in [5, 5.41) is 10.8. The number of carbonyl (C=O) groups is 1. The Labute approximate surface area is 276 Å². The first-order chi connectivity index (χ1) is 22.1. The summed E-state index contributed by atoms with van der Waals surface area (Å²) in [4.78, 5) is 12.7. The Morgan fingerprint density at radius 2 is 1.83 bits per heavy atom. The van der Waals surface area contributed by atoms with Crippen molar-refractivity contribution in [3.05, 3.63) is 41.8 Å². The molecule has 252 valence electrons. The van der Waals surface area contributed by atoms with Gasteiger partial charge < -0.3 is 19.2 Å². The number of alkyl carbamates (subject to hydrolysis) is 1. The maximum absolute atomic E-state index is 12.7. The second kappa shape index (κ2) is 13.7. The molecule has 3 fully saturated rings. The molecule has 7 heteroatoms. The van der Waals surface area contributed by atoms with Crippen molar-refractivity contribution < 1.29 is 18.7 Å². The highest BCUT2D eigenvalue weighted by atomic mass is 16.6. The Morgan fingerprint density at radius 1 is 1.02 bits per heavy atom. The Balaban J connectivity index is 0.967. The molecule has 4 aliphatic rings. The van der Waals surface area contributed by atoms with E-state index in [2.05, 4.69) is 56.2 Å². The molecule has 2 aromatic rings. The number of benzene rings is 1. The Kier molecular flexibility index (Phi) is 9.87. The third-order valence-corrected chi connectivity index (χ3v) is 12.8. The van der Waals surface area contributed by atoms with Crippen LogP contribution in [0, 0.1) is 53.3 Å². The average molecular weight is 632 g/mol. The molecule has 1 aromatic heterocycles. The zero-order valence-electron chi connectivity index (χ0n) is 29.1. The van der Waals surface area contributed by atoms with Crippen molar-refractivity contribution in [3.63, 3.8) is 0 Å². The third kappa shape index (κ3) is 6.75. The van der Waals surface area contributed by atoms with Crippen LogP contribution in [0.25, 0.3) is 11.5 Å². The largest absolute Gasteiger partial charge is 0.492 e. The molecule has 6 rings (SSSR count). The van der Waals surface area contributed by atoms with E-state index in [0.717, 1.165) is 66.1 Å².